The molecule has 2 aromatic heterocycles. The summed E-state index contributed by atoms with van der Waals surface area (Å²) in [4.78, 5) is 20.6. The number of pyridine rings is 2. The monoisotopic (exact) mass is 284 g/mol. The normalized spacial score (nSPS) is 10.2. The molecule has 1 amide bonds. The van der Waals surface area contributed by atoms with Crippen molar-refractivity contribution in [2.45, 2.75) is 26.8 Å². The highest BCUT2D eigenvalue weighted by molar-refractivity contribution is 5.94. The van der Waals surface area contributed by atoms with Crippen LogP contribution in [0.3, 0.4) is 0 Å². The van der Waals surface area contributed by atoms with E-state index in [2.05, 4.69) is 27.5 Å². The summed E-state index contributed by atoms with van der Waals surface area (Å²) in [6.45, 7) is 5.32. The SMILES string of the molecule is CCCNc1cc(C(=O)NCc2ncccc2C)ccn1. The molecule has 2 rings (SSSR count). The summed E-state index contributed by atoms with van der Waals surface area (Å²) < 4.78 is 0. The number of hydrogen-bond donors (Lipinski definition) is 2. The maximum Gasteiger partial charge on any atom is 0.251 e. The molecule has 0 aliphatic heterocycles. The number of nitrogens with one attached hydrogen (secondary N) is 2. The highest BCUT2D eigenvalue weighted by atomic mass is 16.1. The van der Waals surface area contributed by atoms with Crippen molar-refractivity contribution in [3.63, 3.8) is 0 Å². The van der Waals surface area contributed by atoms with E-state index in [1.54, 1.807) is 24.5 Å². The Labute approximate surface area is 124 Å². The van der Waals surface area contributed by atoms with Gasteiger partial charge in [-0.3, -0.25) is 9.78 Å². The summed E-state index contributed by atoms with van der Waals surface area (Å²) >= 11 is 0. The first kappa shape index (κ1) is 15.0. The molecule has 0 aliphatic carbocycles. The maximum absolute atomic E-state index is 12.2. The van der Waals surface area contributed by atoms with Gasteiger partial charge in [0, 0.05) is 24.5 Å². The van der Waals surface area contributed by atoms with Crippen LogP contribution in [0, 0.1) is 6.92 Å². The van der Waals surface area contributed by atoms with Gasteiger partial charge in [0.2, 0.25) is 0 Å². The zero-order valence-corrected chi connectivity index (χ0v) is 12.4. The van der Waals surface area contributed by atoms with E-state index in [0.717, 1.165) is 30.0 Å². The van der Waals surface area contributed by atoms with E-state index < -0.39 is 0 Å². The van der Waals surface area contributed by atoms with Gasteiger partial charge in [-0.05, 0) is 37.1 Å². The smallest absolute Gasteiger partial charge is 0.251 e. The molecule has 0 atom stereocenters. The van der Waals surface area contributed by atoms with Crippen LogP contribution in [0.2, 0.25) is 0 Å². The molecule has 0 bridgehead atoms. The second-order valence-corrected chi connectivity index (χ2v) is 4.81. The number of hydrogen-bond acceptors (Lipinski definition) is 4. The largest absolute Gasteiger partial charge is 0.370 e. The molecule has 0 fully saturated rings. The van der Waals surface area contributed by atoms with Crippen LogP contribution in [0.25, 0.3) is 0 Å². The molecule has 2 aromatic rings. The fourth-order valence-corrected chi connectivity index (χ4v) is 1.89. The average molecular weight is 284 g/mol. The Morgan fingerprint density at radius 3 is 2.86 bits per heavy atom. The van der Waals surface area contributed by atoms with Crippen LogP contribution in [-0.4, -0.2) is 22.4 Å². The number of amides is 1. The van der Waals surface area contributed by atoms with Crippen molar-refractivity contribution in [2.24, 2.45) is 0 Å². The zero-order valence-electron chi connectivity index (χ0n) is 12.4. The maximum atomic E-state index is 12.2. The third-order valence-corrected chi connectivity index (χ3v) is 3.11. The van der Waals surface area contributed by atoms with E-state index in [-0.39, 0.29) is 5.91 Å². The molecule has 0 saturated heterocycles. The Kier molecular flexibility index (Phi) is 5.26. The summed E-state index contributed by atoms with van der Waals surface area (Å²) in [7, 11) is 0. The van der Waals surface area contributed by atoms with Gasteiger partial charge in [-0.25, -0.2) is 4.98 Å². The van der Waals surface area contributed by atoms with Gasteiger partial charge >= 0.3 is 0 Å². The first-order valence-corrected chi connectivity index (χ1v) is 7.09. The minimum Gasteiger partial charge on any atom is -0.370 e. The van der Waals surface area contributed by atoms with E-state index in [4.69, 9.17) is 0 Å². The quantitative estimate of drug-likeness (QED) is 0.855. The van der Waals surface area contributed by atoms with Crippen molar-refractivity contribution in [2.75, 3.05) is 11.9 Å². The molecule has 0 radical (unpaired) electrons. The molecule has 0 spiro atoms. The molecule has 0 aromatic carbocycles. The predicted octanol–water partition coefficient (Wildman–Crippen LogP) is 2.54. The second kappa shape index (κ2) is 7.38. The average Bonchev–Trinajstić information content (AvgIpc) is 2.52. The van der Waals surface area contributed by atoms with E-state index in [1.165, 1.54) is 0 Å². The van der Waals surface area contributed by atoms with E-state index >= 15 is 0 Å². The number of aromatic nitrogens is 2. The number of carbonyl (C=O) groups is 1. The van der Waals surface area contributed by atoms with Crippen LogP contribution in [0.1, 0.15) is 35.0 Å². The Balaban J connectivity index is 1.98. The Hall–Kier alpha value is -2.43. The summed E-state index contributed by atoms with van der Waals surface area (Å²) in [5, 5.41) is 6.05. The highest BCUT2D eigenvalue weighted by Gasteiger charge is 2.07. The van der Waals surface area contributed by atoms with Gasteiger partial charge in [0.1, 0.15) is 5.82 Å². The molecule has 2 heterocycles. The number of nitrogens with zero attached hydrogens (tertiary/aromatic N) is 2. The van der Waals surface area contributed by atoms with Crippen molar-refractivity contribution >= 4 is 11.7 Å². The Morgan fingerprint density at radius 2 is 2.10 bits per heavy atom. The van der Waals surface area contributed by atoms with Crippen LogP contribution in [-0.2, 0) is 6.54 Å². The van der Waals surface area contributed by atoms with Crippen LogP contribution in [0.15, 0.2) is 36.7 Å². The molecular formula is C16H20N4O. The molecule has 5 nitrogen and oxygen atoms in total. The summed E-state index contributed by atoms with van der Waals surface area (Å²) in [5.74, 6) is 0.598. The van der Waals surface area contributed by atoms with Gasteiger partial charge in [0.05, 0.1) is 12.2 Å². The Morgan fingerprint density at radius 1 is 1.24 bits per heavy atom. The zero-order chi connectivity index (χ0) is 15.1. The van der Waals surface area contributed by atoms with Crippen molar-refractivity contribution in [1.82, 2.24) is 15.3 Å². The highest BCUT2D eigenvalue weighted by Crippen LogP contribution is 2.08. The van der Waals surface area contributed by atoms with Gasteiger partial charge in [-0.1, -0.05) is 13.0 Å². The number of carbonyl (C=O) groups excluding carboxylic acids is 1. The fraction of sp³-hybridized carbons (Fsp3) is 0.312. The minimum absolute atomic E-state index is 0.123. The van der Waals surface area contributed by atoms with Gasteiger partial charge in [0.15, 0.2) is 0 Å². The molecule has 21 heavy (non-hydrogen) atoms. The molecule has 0 saturated carbocycles. The lowest BCUT2D eigenvalue weighted by atomic mass is 10.2. The van der Waals surface area contributed by atoms with Crippen LogP contribution in [0.5, 0.6) is 0 Å². The Bertz CT molecular complexity index is 613. The minimum atomic E-state index is -0.123. The van der Waals surface area contributed by atoms with Crippen molar-refractivity contribution < 1.29 is 4.79 Å². The van der Waals surface area contributed by atoms with Crippen molar-refractivity contribution in [3.8, 4) is 0 Å². The topological polar surface area (TPSA) is 66.9 Å². The number of rotatable bonds is 6. The molecule has 2 N–H and O–H groups in total. The number of aryl methyl sites for hydroxylation is 1. The van der Waals surface area contributed by atoms with Gasteiger partial charge in [0.25, 0.3) is 5.91 Å². The van der Waals surface area contributed by atoms with Crippen LogP contribution >= 0.6 is 0 Å². The van der Waals surface area contributed by atoms with Gasteiger partial charge in [-0.15, -0.1) is 0 Å². The van der Waals surface area contributed by atoms with Crippen LogP contribution in [0.4, 0.5) is 5.82 Å². The molecular weight excluding hydrogens is 264 g/mol. The van der Waals surface area contributed by atoms with Gasteiger partial charge in [-0.2, -0.15) is 0 Å². The second-order valence-electron chi connectivity index (χ2n) is 4.81. The van der Waals surface area contributed by atoms with Gasteiger partial charge < -0.3 is 10.6 Å². The summed E-state index contributed by atoms with van der Waals surface area (Å²) in [6.07, 6.45) is 4.38. The van der Waals surface area contributed by atoms with E-state index in [9.17, 15) is 4.79 Å². The lowest BCUT2D eigenvalue weighted by Crippen LogP contribution is -2.24. The third-order valence-electron chi connectivity index (χ3n) is 3.11. The lowest BCUT2D eigenvalue weighted by Gasteiger charge is -2.08. The summed E-state index contributed by atoms with van der Waals surface area (Å²) in [5.41, 5.74) is 2.54. The van der Waals surface area contributed by atoms with Crippen molar-refractivity contribution in [1.29, 1.82) is 0 Å². The first-order chi connectivity index (χ1) is 10.2. The first-order valence-electron chi connectivity index (χ1n) is 7.09. The molecule has 0 aliphatic rings. The molecule has 0 unspecified atom stereocenters. The summed E-state index contributed by atoms with van der Waals surface area (Å²) in [6, 6.07) is 7.33. The standard InChI is InChI=1S/C16H20N4O/c1-3-7-18-15-10-13(6-9-19-15)16(21)20-11-14-12(2)5-4-8-17-14/h4-6,8-10H,3,7,11H2,1-2H3,(H,18,19)(H,20,21). The number of anilines is 1. The predicted molar refractivity (Wildman–Crippen MR) is 83.2 cm³/mol. The third kappa shape index (κ3) is 4.27. The van der Waals surface area contributed by atoms with Crippen LogP contribution < -0.4 is 10.6 Å². The lowest BCUT2D eigenvalue weighted by molar-refractivity contribution is 0.0950. The molecule has 5 heteroatoms. The van der Waals surface area contributed by atoms with E-state index in [1.807, 2.05) is 19.1 Å². The van der Waals surface area contributed by atoms with E-state index in [0.29, 0.717) is 12.1 Å². The van der Waals surface area contributed by atoms with Crippen molar-refractivity contribution in [3.05, 3.63) is 53.5 Å². The molecule has 110 valence electrons. The fourth-order valence-electron chi connectivity index (χ4n) is 1.89.